The van der Waals surface area contributed by atoms with E-state index in [9.17, 15) is 4.79 Å². The second-order valence-electron chi connectivity index (χ2n) is 5.27. The average molecular weight is 262 g/mol. The number of carbonyl (C=O) groups is 1. The quantitative estimate of drug-likeness (QED) is 0.831. The molecule has 0 atom stereocenters. The normalized spacial score (nSPS) is 16.6. The van der Waals surface area contributed by atoms with Crippen molar-refractivity contribution in [3.05, 3.63) is 29.6 Å². The fourth-order valence-corrected chi connectivity index (χ4v) is 2.67. The Labute approximate surface area is 114 Å². The van der Waals surface area contributed by atoms with Crippen LogP contribution in [0.4, 0.5) is 0 Å². The molecule has 0 saturated carbocycles. The summed E-state index contributed by atoms with van der Waals surface area (Å²) >= 11 is 0. The molecule has 104 valence electrons. The lowest BCUT2D eigenvalue weighted by Crippen LogP contribution is -2.40. The van der Waals surface area contributed by atoms with Gasteiger partial charge in [0.15, 0.2) is 0 Å². The third-order valence-corrected chi connectivity index (χ3v) is 3.72. The van der Waals surface area contributed by atoms with Crippen molar-refractivity contribution in [1.29, 1.82) is 0 Å². The van der Waals surface area contributed by atoms with Crippen molar-refractivity contribution in [3.63, 3.8) is 0 Å². The highest BCUT2D eigenvalue weighted by molar-refractivity contribution is 5.77. The van der Waals surface area contributed by atoms with Crippen molar-refractivity contribution in [2.24, 2.45) is 5.92 Å². The predicted molar refractivity (Wildman–Crippen MR) is 73.9 cm³/mol. The first-order chi connectivity index (χ1) is 9.19. The van der Waals surface area contributed by atoms with Gasteiger partial charge in [-0.25, -0.2) is 0 Å². The van der Waals surface area contributed by atoms with Gasteiger partial charge in [-0.2, -0.15) is 0 Å². The van der Waals surface area contributed by atoms with E-state index in [1.54, 1.807) is 7.11 Å². The summed E-state index contributed by atoms with van der Waals surface area (Å²) in [6, 6.07) is 4.25. The molecule has 1 amide bonds. The van der Waals surface area contributed by atoms with E-state index >= 15 is 0 Å². The Morgan fingerprint density at radius 3 is 2.84 bits per heavy atom. The van der Waals surface area contributed by atoms with Crippen LogP contribution in [0.5, 0.6) is 0 Å². The van der Waals surface area contributed by atoms with Crippen LogP contribution in [0.2, 0.25) is 0 Å². The first-order valence-corrected chi connectivity index (χ1v) is 6.87. The summed E-state index contributed by atoms with van der Waals surface area (Å²) in [5, 5.41) is 0. The Kier molecular flexibility index (Phi) is 4.91. The number of likely N-dealkylation sites (tertiary alicyclic amines) is 1. The number of aryl methyl sites for hydroxylation is 1. The summed E-state index contributed by atoms with van der Waals surface area (Å²) in [6.45, 7) is 3.94. The molecule has 2 rings (SSSR count). The molecule has 0 radical (unpaired) electrons. The molecule has 0 aliphatic carbocycles. The summed E-state index contributed by atoms with van der Waals surface area (Å²) < 4.78 is 4.89. The van der Waals surface area contributed by atoms with Crippen LogP contribution in [0.1, 0.15) is 24.1 Å². The van der Waals surface area contributed by atoms with Gasteiger partial charge >= 0.3 is 0 Å². The summed E-state index contributed by atoms with van der Waals surface area (Å²) in [5.41, 5.74) is 2.43. The van der Waals surface area contributed by atoms with Gasteiger partial charge in [-0.15, -0.1) is 0 Å². The zero-order valence-electron chi connectivity index (χ0n) is 11.8. The minimum atomic E-state index is 0.112. The van der Waals surface area contributed by atoms with Crippen LogP contribution in [-0.2, 0) is 16.0 Å². The Morgan fingerprint density at radius 1 is 1.47 bits per heavy atom. The maximum absolute atomic E-state index is 11.7. The number of hydrogen-bond donors (Lipinski definition) is 0. The van der Waals surface area contributed by atoms with Crippen LogP contribution in [0.3, 0.4) is 0 Å². The van der Waals surface area contributed by atoms with Gasteiger partial charge < -0.3 is 9.64 Å². The largest absolute Gasteiger partial charge is 0.375 e. The number of piperidine rings is 1. The van der Waals surface area contributed by atoms with Gasteiger partial charge in [-0.3, -0.25) is 9.78 Å². The molecular formula is C15H22N2O2. The molecule has 4 heteroatoms. The Hall–Kier alpha value is -1.42. The zero-order chi connectivity index (χ0) is 13.7. The molecule has 0 N–H and O–H groups in total. The monoisotopic (exact) mass is 262 g/mol. The molecule has 1 aromatic rings. The van der Waals surface area contributed by atoms with Crippen LogP contribution in [-0.4, -0.2) is 42.6 Å². The molecule has 2 heterocycles. The molecule has 19 heavy (non-hydrogen) atoms. The van der Waals surface area contributed by atoms with E-state index in [0.717, 1.165) is 38.0 Å². The number of carbonyl (C=O) groups excluding carboxylic acids is 1. The number of rotatable bonds is 4. The third kappa shape index (κ3) is 4.03. The number of amides is 1. The highest BCUT2D eigenvalue weighted by Crippen LogP contribution is 2.21. The molecule has 1 aliphatic rings. The molecule has 1 aromatic heterocycles. The lowest BCUT2D eigenvalue weighted by Gasteiger charge is -2.32. The molecule has 0 bridgehead atoms. The number of aromatic nitrogens is 1. The maximum Gasteiger partial charge on any atom is 0.248 e. The second kappa shape index (κ2) is 6.66. The molecule has 0 aromatic carbocycles. The lowest BCUT2D eigenvalue weighted by atomic mass is 9.90. The van der Waals surface area contributed by atoms with E-state index in [-0.39, 0.29) is 12.5 Å². The van der Waals surface area contributed by atoms with Gasteiger partial charge in [0.2, 0.25) is 5.91 Å². The minimum Gasteiger partial charge on any atom is -0.375 e. The van der Waals surface area contributed by atoms with Crippen molar-refractivity contribution in [1.82, 2.24) is 9.88 Å². The van der Waals surface area contributed by atoms with Crippen LogP contribution in [0.15, 0.2) is 18.3 Å². The fourth-order valence-electron chi connectivity index (χ4n) is 2.67. The Morgan fingerprint density at radius 2 is 2.21 bits per heavy atom. The van der Waals surface area contributed by atoms with Gasteiger partial charge in [0.25, 0.3) is 0 Å². The van der Waals surface area contributed by atoms with Crippen molar-refractivity contribution in [2.75, 3.05) is 26.8 Å². The van der Waals surface area contributed by atoms with Crippen LogP contribution >= 0.6 is 0 Å². The summed E-state index contributed by atoms with van der Waals surface area (Å²) in [5.74, 6) is 0.786. The van der Waals surface area contributed by atoms with E-state index in [2.05, 4.69) is 17.1 Å². The molecule has 4 nitrogen and oxygen atoms in total. The molecule has 0 unspecified atom stereocenters. The first-order valence-electron chi connectivity index (χ1n) is 6.87. The van der Waals surface area contributed by atoms with E-state index < -0.39 is 0 Å². The van der Waals surface area contributed by atoms with Gasteiger partial charge in [-0.05, 0) is 49.8 Å². The van der Waals surface area contributed by atoms with Gasteiger partial charge in [0.1, 0.15) is 6.61 Å². The lowest BCUT2D eigenvalue weighted by molar-refractivity contribution is -0.136. The van der Waals surface area contributed by atoms with E-state index in [1.807, 2.05) is 18.0 Å². The smallest absolute Gasteiger partial charge is 0.248 e. The van der Waals surface area contributed by atoms with E-state index in [4.69, 9.17) is 4.74 Å². The average Bonchev–Trinajstić information content (AvgIpc) is 2.40. The van der Waals surface area contributed by atoms with Crippen LogP contribution < -0.4 is 0 Å². The number of methoxy groups -OCH3 is 1. The van der Waals surface area contributed by atoms with Gasteiger partial charge in [-0.1, -0.05) is 0 Å². The number of pyridine rings is 1. The van der Waals surface area contributed by atoms with Crippen LogP contribution in [0.25, 0.3) is 0 Å². The van der Waals surface area contributed by atoms with E-state index in [0.29, 0.717) is 5.92 Å². The number of nitrogens with zero attached hydrogens (tertiary/aromatic N) is 2. The van der Waals surface area contributed by atoms with Crippen LogP contribution in [0, 0.1) is 12.8 Å². The second-order valence-corrected chi connectivity index (χ2v) is 5.27. The zero-order valence-corrected chi connectivity index (χ0v) is 11.8. The van der Waals surface area contributed by atoms with Crippen molar-refractivity contribution < 1.29 is 9.53 Å². The SMILES string of the molecule is COCC(=O)N1CCC(Cc2ccnc(C)c2)CC1. The van der Waals surface area contributed by atoms with Crippen molar-refractivity contribution >= 4 is 5.91 Å². The maximum atomic E-state index is 11.7. The highest BCUT2D eigenvalue weighted by atomic mass is 16.5. The van der Waals surface area contributed by atoms with Gasteiger partial charge in [0.05, 0.1) is 0 Å². The molecular weight excluding hydrogens is 240 g/mol. The van der Waals surface area contributed by atoms with Crippen molar-refractivity contribution in [2.45, 2.75) is 26.2 Å². The van der Waals surface area contributed by atoms with Gasteiger partial charge in [0, 0.05) is 32.1 Å². The number of hydrogen-bond acceptors (Lipinski definition) is 3. The Balaban J connectivity index is 1.82. The Bertz CT molecular complexity index is 426. The predicted octanol–water partition coefficient (Wildman–Crippen LogP) is 1.82. The van der Waals surface area contributed by atoms with Crippen molar-refractivity contribution in [3.8, 4) is 0 Å². The summed E-state index contributed by atoms with van der Waals surface area (Å²) in [7, 11) is 1.57. The minimum absolute atomic E-state index is 0.112. The topological polar surface area (TPSA) is 42.4 Å². The molecule has 1 fully saturated rings. The fraction of sp³-hybridized carbons (Fsp3) is 0.600. The molecule has 1 aliphatic heterocycles. The van der Waals surface area contributed by atoms with E-state index in [1.165, 1.54) is 5.56 Å². The summed E-state index contributed by atoms with van der Waals surface area (Å²) in [6.07, 6.45) is 5.13. The summed E-state index contributed by atoms with van der Waals surface area (Å²) in [4.78, 5) is 17.8. The highest BCUT2D eigenvalue weighted by Gasteiger charge is 2.22. The third-order valence-electron chi connectivity index (χ3n) is 3.72. The standard InChI is InChI=1S/C15H22N2O2/c1-12-9-14(3-6-16-12)10-13-4-7-17(8-5-13)15(18)11-19-2/h3,6,9,13H,4-5,7-8,10-11H2,1-2H3. The first kappa shape index (κ1) is 14.0. The number of ether oxygens (including phenoxy) is 1. The molecule has 1 saturated heterocycles. The molecule has 0 spiro atoms.